The Labute approximate surface area is 130 Å². The molecule has 4 heteroatoms. The molecule has 0 spiro atoms. The summed E-state index contributed by atoms with van der Waals surface area (Å²) in [5, 5.41) is 19.6. The van der Waals surface area contributed by atoms with Gasteiger partial charge >= 0.3 is 5.97 Å². The Bertz CT molecular complexity index is 320. The molecule has 0 bridgehead atoms. The van der Waals surface area contributed by atoms with Crippen molar-refractivity contribution >= 4 is 5.97 Å². The zero-order valence-electron chi connectivity index (χ0n) is 14.3. The molecule has 0 rings (SSSR count). The molecule has 1 unspecified atom stereocenters. The van der Waals surface area contributed by atoms with Crippen molar-refractivity contribution in [3.8, 4) is 0 Å². The number of unbranched alkanes of at least 4 members (excludes halogenated alkanes) is 3. The lowest BCUT2D eigenvalue weighted by molar-refractivity contribution is -0.895. The Hall–Kier alpha value is -1.03. The molecule has 1 atom stereocenters. The summed E-state index contributed by atoms with van der Waals surface area (Å²) in [6.07, 6.45) is 8.70. The van der Waals surface area contributed by atoms with Gasteiger partial charge < -0.3 is 10.2 Å². The van der Waals surface area contributed by atoms with E-state index >= 15 is 0 Å². The van der Waals surface area contributed by atoms with E-state index in [0.717, 1.165) is 38.8 Å². The topological polar surface area (TPSA) is 57.5 Å². The van der Waals surface area contributed by atoms with E-state index in [1.54, 1.807) is 13.1 Å². The van der Waals surface area contributed by atoms with Crippen LogP contribution in [0, 0.1) is 0 Å². The van der Waals surface area contributed by atoms with E-state index < -0.39 is 12.0 Å². The SMILES string of the molecule is CCCCCC/C(O)=C/[N+](CCC)(CCC)C(C)C(=O)O. The van der Waals surface area contributed by atoms with Gasteiger partial charge in [-0.05, 0) is 26.2 Å². The van der Waals surface area contributed by atoms with Crippen LogP contribution in [-0.4, -0.2) is 39.8 Å². The van der Waals surface area contributed by atoms with Crippen LogP contribution in [0.25, 0.3) is 0 Å². The van der Waals surface area contributed by atoms with Gasteiger partial charge in [0.15, 0.2) is 6.04 Å². The van der Waals surface area contributed by atoms with Crippen LogP contribution in [0.2, 0.25) is 0 Å². The number of hydrogen-bond acceptors (Lipinski definition) is 2. The van der Waals surface area contributed by atoms with Crippen LogP contribution in [0.4, 0.5) is 0 Å². The summed E-state index contributed by atoms with van der Waals surface area (Å²) in [6, 6.07) is -0.525. The van der Waals surface area contributed by atoms with E-state index in [9.17, 15) is 15.0 Å². The maximum Gasteiger partial charge on any atom is 0.362 e. The van der Waals surface area contributed by atoms with Crippen LogP contribution in [0.1, 0.15) is 72.6 Å². The zero-order valence-corrected chi connectivity index (χ0v) is 14.3. The smallest absolute Gasteiger partial charge is 0.362 e. The Morgan fingerprint density at radius 1 is 1.00 bits per heavy atom. The molecule has 0 saturated heterocycles. The maximum atomic E-state index is 11.4. The molecule has 124 valence electrons. The summed E-state index contributed by atoms with van der Waals surface area (Å²) in [4.78, 5) is 11.4. The molecule has 21 heavy (non-hydrogen) atoms. The number of rotatable bonds is 12. The molecule has 0 aromatic carbocycles. The number of aliphatic carboxylic acids is 1. The minimum atomic E-state index is -0.799. The van der Waals surface area contributed by atoms with Gasteiger partial charge in [-0.3, -0.25) is 4.48 Å². The lowest BCUT2D eigenvalue weighted by Crippen LogP contribution is -2.54. The van der Waals surface area contributed by atoms with Crippen LogP contribution < -0.4 is 0 Å². The Morgan fingerprint density at radius 3 is 2.00 bits per heavy atom. The predicted molar refractivity (Wildman–Crippen MR) is 87.1 cm³/mol. The Morgan fingerprint density at radius 2 is 1.57 bits per heavy atom. The lowest BCUT2D eigenvalue weighted by atomic mass is 10.1. The van der Waals surface area contributed by atoms with Crippen molar-refractivity contribution in [1.29, 1.82) is 0 Å². The highest BCUT2D eigenvalue weighted by atomic mass is 16.4. The van der Waals surface area contributed by atoms with Crippen LogP contribution in [0.3, 0.4) is 0 Å². The van der Waals surface area contributed by atoms with Crippen molar-refractivity contribution < 1.29 is 19.5 Å². The number of carboxylic acids is 1. The summed E-state index contributed by atoms with van der Waals surface area (Å²) >= 11 is 0. The zero-order chi connectivity index (χ0) is 16.3. The van der Waals surface area contributed by atoms with Crippen molar-refractivity contribution in [3.63, 3.8) is 0 Å². The van der Waals surface area contributed by atoms with Crippen molar-refractivity contribution in [3.05, 3.63) is 12.0 Å². The number of carbonyl (C=O) groups is 1. The maximum absolute atomic E-state index is 11.4. The van der Waals surface area contributed by atoms with Gasteiger partial charge in [-0.25, -0.2) is 4.79 Å². The minimum absolute atomic E-state index is 0.348. The van der Waals surface area contributed by atoms with Crippen LogP contribution in [0.5, 0.6) is 0 Å². The van der Waals surface area contributed by atoms with E-state index in [-0.39, 0.29) is 0 Å². The second-order valence-electron chi connectivity index (χ2n) is 6.00. The highest BCUT2D eigenvalue weighted by Gasteiger charge is 2.36. The van der Waals surface area contributed by atoms with Crippen LogP contribution in [-0.2, 0) is 4.79 Å². The molecule has 0 aromatic heterocycles. The number of quaternary nitrogens is 1. The molecule has 2 N–H and O–H groups in total. The number of carboxylic acid groups (broad SMARTS) is 1. The van der Waals surface area contributed by atoms with E-state index in [4.69, 9.17) is 0 Å². The predicted octanol–water partition coefficient (Wildman–Crippen LogP) is 4.47. The largest absolute Gasteiger partial charge is 0.507 e. The summed E-state index contributed by atoms with van der Waals surface area (Å²) < 4.78 is 0.349. The summed E-state index contributed by atoms with van der Waals surface area (Å²) in [5.41, 5.74) is 0. The number of hydrogen-bond donors (Lipinski definition) is 2. The summed E-state index contributed by atoms with van der Waals surface area (Å²) in [7, 11) is 0. The molecule has 0 aliphatic heterocycles. The van der Waals surface area contributed by atoms with Gasteiger partial charge in [0.2, 0.25) is 0 Å². The fourth-order valence-electron chi connectivity index (χ4n) is 2.89. The normalized spacial score (nSPS) is 14.2. The third-order valence-electron chi connectivity index (χ3n) is 4.10. The highest BCUT2D eigenvalue weighted by molar-refractivity contribution is 5.71. The number of aliphatic hydroxyl groups is 1. The third-order valence-corrected chi connectivity index (χ3v) is 4.10. The first-order chi connectivity index (χ1) is 9.93. The van der Waals surface area contributed by atoms with E-state index in [0.29, 0.717) is 16.7 Å². The van der Waals surface area contributed by atoms with E-state index in [1.165, 1.54) is 12.8 Å². The fourth-order valence-corrected chi connectivity index (χ4v) is 2.89. The first-order valence-electron chi connectivity index (χ1n) is 8.43. The first kappa shape index (κ1) is 20.0. The second-order valence-corrected chi connectivity index (χ2v) is 6.00. The molecule has 4 nitrogen and oxygen atoms in total. The van der Waals surface area contributed by atoms with Gasteiger partial charge in [-0.15, -0.1) is 0 Å². The first-order valence-corrected chi connectivity index (χ1v) is 8.43. The number of allylic oxidation sites excluding steroid dienone is 1. The van der Waals surface area contributed by atoms with E-state index in [1.807, 2.05) is 0 Å². The van der Waals surface area contributed by atoms with Gasteiger partial charge in [0.25, 0.3) is 0 Å². The molecule has 0 saturated carbocycles. The molecule has 0 radical (unpaired) electrons. The molecule has 0 amide bonds. The molecule has 0 aliphatic carbocycles. The van der Waals surface area contributed by atoms with Crippen LogP contribution >= 0.6 is 0 Å². The third kappa shape index (κ3) is 6.98. The molecule has 0 fully saturated rings. The van der Waals surface area contributed by atoms with Crippen LogP contribution in [0.15, 0.2) is 12.0 Å². The molecular formula is C17H34NO3+. The van der Waals surface area contributed by atoms with Crippen molar-refractivity contribution in [2.75, 3.05) is 13.1 Å². The van der Waals surface area contributed by atoms with Gasteiger partial charge in [0.1, 0.15) is 12.0 Å². The van der Waals surface area contributed by atoms with Crippen molar-refractivity contribution in [2.45, 2.75) is 78.7 Å². The summed E-state index contributed by atoms with van der Waals surface area (Å²) in [5.74, 6) is -0.451. The van der Waals surface area contributed by atoms with Gasteiger partial charge in [0, 0.05) is 6.42 Å². The average Bonchev–Trinajstić information content (AvgIpc) is 2.43. The van der Waals surface area contributed by atoms with Gasteiger partial charge in [-0.1, -0.05) is 40.0 Å². The standard InChI is InChI=1S/C17H33NO3/c1-5-8-9-10-11-16(19)14-18(12-6-2,13-7-3)15(4)17(20)21/h14-15H,5-13H2,1-4H3,(H-,19,20,21)/p+1/b16-14-. The number of aliphatic hydroxyl groups excluding tert-OH is 1. The average molecular weight is 300 g/mol. The lowest BCUT2D eigenvalue weighted by Gasteiger charge is -2.38. The molecular weight excluding hydrogens is 266 g/mol. The molecule has 0 aliphatic rings. The van der Waals surface area contributed by atoms with E-state index in [2.05, 4.69) is 20.8 Å². The monoisotopic (exact) mass is 300 g/mol. The Balaban J connectivity index is 5.03. The van der Waals surface area contributed by atoms with Gasteiger partial charge in [-0.2, -0.15) is 0 Å². The minimum Gasteiger partial charge on any atom is -0.507 e. The second kappa shape index (κ2) is 10.7. The molecule has 0 heterocycles. The Kier molecular flexibility index (Phi) is 10.1. The van der Waals surface area contributed by atoms with Gasteiger partial charge in [0.05, 0.1) is 13.1 Å². The quantitative estimate of drug-likeness (QED) is 0.318. The summed E-state index contributed by atoms with van der Waals surface area (Å²) in [6.45, 7) is 9.52. The van der Waals surface area contributed by atoms with Crippen molar-refractivity contribution in [2.24, 2.45) is 0 Å². The number of nitrogens with zero attached hydrogens (tertiary/aromatic N) is 1. The fraction of sp³-hybridized carbons (Fsp3) is 0.824. The highest BCUT2D eigenvalue weighted by Crippen LogP contribution is 2.21. The van der Waals surface area contributed by atoms with Crippen molar-refractivity contribution in [1.82, 2.24) is 0 Å². The molecule has 0 aromatic rings.